The number of pyridine rings is 1. The Bertz CT molecular complexity index is 1610. The quantitative estimate of drug-likeness (QED) is 0.141. The average molecular weight is 544 g/mol. The molecule has 0 bridgehead atoms. The van der Waals surface area contributed by atoms with Gasteiger partial charge in [-0.1, -0.05) is 39.0 Å². The lowest BCUT2D eigenvalue weighted by Gasteiger charge is -2.19. The standard InChI is InChI=1S/C28H29N7O3S/c1-28(2,3)22(29)15-23(32-17-8-6-5-7-9-17)34-27(37)33-18-10-11-19(21(14-18)39-4)38-20-12-13-30-26-25(20)31-16-24(36)35-26/h5-16H,29H2,1-4H3,(H,30,35,36)(H2,32,33,34,37)/b22-15-. The molecule has 10 nitrogen and oxygen atoms in total. The number of aliphatic imine (C=N–C) groups is 1. The Balaban J connectivity index is 1.54. The number of aromatic nitrogens is 3. The van der Waals surface area contributed by atoms with Crippen molar-refractivity contribution in [1.29, 1.82) is 0 Å². The van der Waals surface area contributed by atoms with E-state index in [4.69, 9.17) is 10.5 Å². The van der Waals surface area contributed by atoms with Crippen molar-refractivity contribution in [1.82, 2.24) is 20.3 Å². The van der Waals surface area contributed by atoms with Crippen molar-refractivity contribution in [3.05, 3.63) is 89.1 Å². The van der Waals surface area contributed by atoms with Crippen LogP contribution in [0.1, 0.15) is 20.8 Å². The molecule has 11 heteroatoms. The van der Waals surface area contributed by atoms with Crippen LogP contribution in [-0.2, 0) is 0 Å². The zero-order valence-corrected chi connectivity index (χ0v) is 22.8. The molecule has 2 amide bonds. The molecule has 0 atom stereocenters. The molecule has 0 radical (unpaired) electrons. The largest absolute Gasteiger partial charge is 0.454 e. The number of urea groups is 1. The molecule has 2 aromatic heterocycles. The smallest absolute Gasteiger partial charge is 0.324 e. The SMILES string of the molecule is CSc1cc(NC(=O)NC(/C=C(\N)C(C)(C)C)=Nc2ccccc2)ccc1Oc1ccnc2[nH]c(=O)cnc12. The fraction of sp³-hybridized carbons (Fsp3) is 0.179. The van der Waals surface area contributed by atoms with Crippen molar-refractivity contribution in [2.75, 3.05) is 11.6 Å². The highest BCUT2D eigenvalue weighted by Gasteiger charge is 2.16. The third-order valence-corrected chi connectivity index (χ3v) is 6.25. The summed E-state index contributed by atoms with van der Waals surface area (Å²) >= 11 is 1.45. The van der Waals surface area contributed by atoms with Crippen LogP contribution < -0.4 is 26.7 Å². The first-order valence-corrected chi connectivity index (χ1v) is 13.2. The fourth-order valence-electron chi connectivity index (χ4n) is 3.34. The summed E-state index contributed by atoms with van der Waals surface area (Å²) in [6.07, 6.45) is 6.27. The van der Waals surface area contributed by atoms with Gasteiger partial charge in [0.25, 0.3) is 5.56 Å². The van der Waals surface area contributed by atoms with Gasteiger partial charge in [-0.3, -0.25) is 10.1 Å². The minimum atomic E-state index is -0.475. The molecule has 4 rings (SSSR count). The van der Waals surface area contributed by atoms with Crippen LogP contribution in [0.15, 0.2) is 93.4 Å². The van der Waals surface area contributed by atoms with E-state index in [1.54, 1.807) is 30.3 Å². The Kier molecular flexibility index (Phi) is 8.30. The third kappa shape index (κ3) is 7.23. The zero-order chi connectivity index (χ0) is 28.0. The number of rotatable bonds is 6. The molecule has 0 unspecified atom stereocenters. The van der Waals surface area contributed by atoms with Crippen molar-refractivity contribution in [3.63, 3.8) is 0 Å². The maximum Gasteiger partial charge on any atom is 0.324 e. The predicted octanol–water partition coefficient (Wildman–Crippen LogP) is 5.57. The average Bonchev–Trinajstić information content (AvgIpc) is 2.89. The lowest BCUT2D eigenvalue weighted by molar-refractivity contribution is 0.256. The van der Waals surface area contributed by atoms with Crippen LogP contribution in [0, 0.1) is 5.41 Å². The molecule has 5 N–H and O–H groups in total. The van der Waals surface area contributed by atoms with Gasteiger partial charge in [0.15, 0.2) is 11.4 Å². The number of thioether (sulfide) groups is 1. The number of carbonyl (C=O) groups excluding carboxylic acids is 1. The molecule has 0 spiro atoms. The number of hydrogen-bond acceptors (Lipinski definition) is 8. The molecular formula is C28H29N7O3S. The van der Waals surface area contributed by atoms with E-state index in [-0.39, 0.29) is 11.0 Å². The maximum absolute atomic E-state index is 12.9. The summed E-state index contributed by atoms with van der Waals surface area (Å²) in [5.41, 5.74) is 8.18. The van der Waals surface area contributed by atoms with E-state index in [1.165, 1.54) is 24.2 Å². The minimum Gasteiger partial charge on any atom is -0.454 e. The van der Waals surface area contributed by atoms with Gasteiger partial charge in [-0.05, 0) is 36.6 Å². The number of amides is 2. The fourth-order valence-corrected chi connectivity index (χ4v) is 3.89. The number of nitrogens with one attached hydrogen (secondary N) is 3. The summed E-state index contributed by atoms with van der Waals surface area (Å²) in [6, 6.07) is 15.8. The second-order valence-corrected chi connectivity index (χ2v) is 10.3. The number of benzene rings is 2. The number of allylic oxidation sites excluding steroid dienone is 1. The Hall–Kier alpha value is -4.64. The van der Waals surface area contributed by atoms with E-state index in [1.807, 2.05) is 57.4 Å². The van der Waals surface area contributed by atoms with Gasteiger partial charge in [-0.15, -0.1) is 11.8 Å². The van der Waals surface area contributed by atoms with Gasteiger partial charge in [0.1, 0.15) is 17.1 Å². The summed E-state index contributed by atoms with van der Waals surface area (Å²) in [5.74, 6) is 1.31. The van der Waals surface area contributed by atoms with Gasteiger partial charge in [-0.25, -0.2) is 19.8 Å². The third-order valence-electron chi connectivity index (χ3n) is 5.49. The van der Waals surface area contributed by atoms with Crippen LogP contribution in [0.2, 0.25) is 0 Å². The summed E-state index contributed by atoms with van der Waals surface area (Å²) in [4.78, 5) is 40.8. The van der Waals surface area contributed by atoms with Crippen LogP contribution in [0.4, 0.5) is 16.2 Å². The van der Waals surface area contributed by atoms with E-state index < -0.39 is 6.03 Å². The number of aromatic amines is 1. The number of H-pyrrole nitrogens is 1. The summed E-state index contributed by atoms with van der Waals surface area (Å²) in [5, 5.41) is 5.63. The highest BCUT2D eigenvalue weighted by atomic mass is 32.2. The van der Waals surface area contributed by atoms with Crippen LogP contribution in [0.3, 0.4) is 0 Å². The van der Waals surface area contributed by atoms with Gasteiger partial charge in [-0.2, -0.15) is 0 Å². The molecule has 0 aliphatic carbocycles. The Morgan fingerprint density at radius 3 is 2.59 bits per heavy atom. The first-order chi connectivity index (χ1) is 18.6. The number of hydrogen-bond donors (Lipinski definition) is 4. The Morgan fingerprint density at radius 1 is 1.10 bits per heavy atom. The van der Waals surface area contributed by atoms with Crippen molar-refractivity contribution < 1.29 is 9.53 Å². The number of para-hydroxylation sites is 1. The van der Waals surface area contributed by atoms with Crippen molar-refractivity contribution in [2.45, 2.75) is 25.7 Å². The highest BCUT2D eigenvalue weighted by Crippen LogP contribution is 2.35. The highest BCUT2D eigenvalue weighted by molar-refractivity contribution is 7.98. The number of ether oxygens (including phenoxy) is 1. The topological polar surface area (TPSA) is 147 Å². The molecule has 0 saturated heterocycles. The first kappa shape index (κ1) is 27.4. The van der Waals surface area contributed by atoms with E-state index in [9.17, 15) is 9.59 Å². The van der Waals surface area contributed by atoms with Crippen LogP contribution >= 0.6 is 11.8 Å². The van der Waals surface area contributed by atoms with E-state index in [0.29, 0.717) is 45.6 Å². The molecule has 0 aliphatic heterocycles. The van der Waals surface area contributed by atoms with Gasteiger partial charge in [0, 0.05) is 35.1 Å². The lowest BCUT2D eigenvalue weighted by Crippen LogP contribution is -2.34. The number of fused-ring (bicyclic) bond motifs is 1. The molecule has 4 aromatic rings. The van der Waals surface area contributed by atoms with Crippen molar-refractivity contribution in [3.8, 4) is 11.5 Å². The van der Waals surface area contributed by atoms with Gasteiger partial charge >= 0.3 is 6.03 Å². The number of amidine groups is 1. The number of nitrogens with two attached hydrogens (primary N) is 1. The molecule has 0 aliphatic rings. The number of anilines is 1. The minimum absolute atomic E-state index is 0.302. The van der Waals surface area contributed by atoms with Crippen molar-refractivity contribution >= 4 is 46.2 Å². The second-order valence-electron chi connectivity index (χ2n) is 9.48. The summed E-state index contributed by atoms with van der Waals surface area (Å²) in [6.45, 7) is 5.95. The van der Waals surface area contributed by atoms with Crippen LogP contribution in [0.25, 0.3) is 11.2 Å². The van der Waals surface area contributed by atoms with Gasteiger partial charge < -0.3 is 20.8 Å². The van der Waals surface area contributed by atoms with Gasteiger partial charge in [0.05, 0.1) is 16.8 Å². The number of carbonyl (C=O) groups is 1. The Morgan fingerprint density at radius 2 is 1.87 bits per heavy atom. The Labute approximate surface area is 229 Å². The lowest BCUT2D eigenvalue weighted by atomic mass is 9.92. The second kappa shape index (κ2) is 11.8. The van der Waals surface area contributed by atoms with E-state index in [0.717, 1.165) is 4.90 Å². The molecule has 0 saturated carbocycles. The molecule has 0 fully saturated rings. The molecule has 39 heavy (non-hydrogen) atoms. The molecule has 2 aromatic carbocycles. The monoisotopic (exact) mass is 543 g/mol. The van der Waals surface area contributed by atoms with E-state index in [2.05, 4.69) is 30.6 Å². The summed E-state index contributed by atoms with van der Waals surface area (Å²) in [7, 11) is 0. The zero-order valence-electron chi connectivity index (χ0n) is 22.0. The predicted molar refractivity (Wildman–Crippen MR) is 156 cm³/mol. The van der Waals surface area contributed by atoms with Gasteiger partial charge in [0.2, 0.25) is 0 Å². The first-order valence-electron chi connectivity index (χ1n) is 12.0. The van der Waals surface area contributed by atoms with Crippen LogP contribution in [-0.4, -0.2) is 33.1 Å². The normalized spacial score (nSPS) is 12.3. The summed E-state index contributed by atoms with van der Waals surface area (Å²) < 4.78 is 6.11. The molecular weight excluding hydrogens is 514 g/mol. The number of nitrogens with zero attached hydrogens (tertiary/aromatic N) is 3. The van der Waals surface area contributed by atoms with Crippen molar-refractivity contribution in [2.24, 2.45) is 16.1 Å². The van der Waals surface area contributed by atoms with E-state index >= 15 is 0 Å². The maximum atomic E-state index is 12.9. The van der Waals surface area contributed by atoms with Crippen LogP contribution in [0.5, 0.6) is 11.5 Å². The molecule has 200 valence electrons. The molecule has 2 heterocycles.